The van der Waals surface area contributed by atoms with E-state index in [2.05, 4.69) is 23.1 Å². The summed E-state index contributed by atoms with van der Waals surface area (Å²) in [5, 5.41) is 4.34. The fraction of sp³-hybridized carbons (Fsp3) is 0.467. The van der Waals surface area contributed by atoms with Crippen molar-refractivity contribution in [3.05, 3.63) is 42.0 Å². The van der Waals surface area contributed by atoms with E-state index in [1.165, 1.54) is 0 Å². The van der Waals surface area contributed by atoms with Gasteiger partial charge in [0.1, 0.15) is 17.7 Å². The van der Waals surface area contributed by atoms with Gasteiger partial charge in [-0.3, -0.25) is 0 Å². The van der Waals surface area contributed by atoms with Gasteiger partial charge in [0, 0.05) is 6.61 Å². The van der Waals surface area contributed by atoms with Gasteiger partial charge >= 0.3 is 0 Å². The largest absolute Gasteiger partial charge is 0.497 e. The van der Waals surface area contributed by atoms with E-state index in [0.29, 0.717) is 6.54 Å². The second-order valence-electron chi connectivity index (χ2n) is 5.28. The van der Waals surface area contributed by atoms with Gasteiger partial charge in [0.25, 0.3) is 0 Å². The first kappa shape index (κ1) is 13.1. The Labute approximate surface area is 118 Å². The molecule has 0 bridgehead atoms. The van der Waals surface area contributed by atoms with Crippen molar-refractivity contribution in [2.75, 3.05) is 13.7 Å². The molecule has 1 aromatic heterocycles. The van der Waals surface area contributed by atoms with Gasteiger partial charge in [-0.05, 0) is 37.5 Å². The van der Waals surface area contributed by atoms with Gasteiger partial charge in [-0.2, -0.15) is 5.10 Å². The van der Waals surface area contributed by atoms with Crippen molar-refractivity contribution in [3.8, 4) is 5.75 Å². The van der Waals surface area contributed by atoms with Crippen LogP contribution < -0.4 is 4.74 Å². The van der Waals surface area contributed by atoms with E-state index in [1.54, 1.807) is 13.4 Å². The predicted octanol–water partition coefficient (Wildman–Crippen LogP) is 2.36. The molecule has 1 aliphatic rings. The van der Waals surface area contributed by atoms with Crippen LogP contribution in [0.3, 0.4) is 0 Å². The molecule has 1 fully saturated rings. The molecule has 2 aromatic rings. The number of aromatic nitrogens is 3. The van der Waals surface area contributed by atoms with Crippen LogP contribution in [0, 0.1) is 0 Å². The molecule has 5 heteroatoms. The molecule has 106 valence electrons. The predicted molar refractivity (Wildman–Crippen MR) is 74.7 cm³/mol. The number of methoxy groups -OCH3 is 1. The summed E-state index contributed by atoms with van der Waals surface area (Å²) in [4.78, 5) is 4.40. The number of hydrogen-bond acceptors (Lipinski definition) is 4. The zero-order valence-corrected chi connectivity index (χ0v) is 11.9. The van der Waals surface area contributed by atoms with E-state index in [9.17, 15) is 0 Å². The van der Waals surface area contributed by atoms with Crippen molar-refractivity contribution in [1.29, 1.82) is 0 Å². The third-order valence-corrected chi connectivity index (χ3v) is 3.77. The molecule has 0 unspecified atom stereocenters. The first-order valence-corrected chi connectivity index (χ1v) is 6.86. The summed E-state index contributed by atoms with van der Waals surface area (Å²) >= 11 is 0. The fourth-order valence-corrected chi connectivity index (χ4v) is 2.69. The van der Waals surface area contributed by atoms with Crippen LogP contribution in [0.1, 0.15) is 31.2 Å². The van der Waals surface area contributed by atoms with Crippen molar-refractivity contribution in [1.82, 2.24) is 14.8 Å². The summed E-state index contributed by atoms with van der Waals surface area (Å²) in [7, 11) is 1.67. The van der Waals surface area contributed by atoms with Gasteiger partial charge in [-0.25, -0.2) is 9.67 Å². The van der Waals surface area contributed by atoms with Crippen molar-refractivity contribution in [2.45, 2.75) is 31.9 Å². The highest BCUT2D eigenvalue weighted by atomic mass is 16.5. The van der Waals surface area contributed by atoms with Gasteiger partial charge in [0.05, 0.1) is 13.7 Å². The highest BCUT2D eigenvalue weighted by Gasteiger charge is 2.36. The first-order valence-electron chi connectivity index (χ1n) is 6.86. The molecule has 0 radical (unpaired) electrons. The monoisotopic (exact) mass is 273 g/mol. The molecular formula is C15H19N3O2. The Morgan fingerprint density at radius 1 is 1.45 bits per heavy atom. The second-order valence-corrected chi connectivity index (χ2v) is 5.28. The molecule has 5 nitrogen and oxygen atoms in total. The van der Waals surface area contributed by atoms with Gasteiger partial charge in [-0.1, -0.05) is 12.1 Å². The Bertz CT molecular complexity index is 588. The molecule has 1 aromatic carbocycles. The molecule has 0 spiro atoms. The highest BCUT2D eigenvalue weighted by Crippen LogP contribution is 2.34. The van der Waals surface area contributed by atoms with E-state index in [1.807, 2.05) is 22.9 Å². The average Bonchev–Trinajstić information content (AvgIpc) is 3.09. The SMILES string of the molecule is COc1cccc(Cn2ncnc2[C@@]2(C)CCCO2)c1. The lowest BCUT2D eigenvalue weighted by molar-refractivity contribution is 0.00600. The van der Waals surface area contributed by atoms with Crippen LogP contribution in [0.2, 0.25) is 0 Å². The molecule has 1 atom stereocenters. The van der Waals surface area contributed by atoms with E-state index in [4.69, 9.17) is 9.47 Å². The molecular weight excluding hydrogens is 254 g/mol. The van der Waals surface area contributed by atoms with E-state index >= 15 is 0 Å². The minimum atomic E-state index is -0.310. The fourth-order valence-electron chi connectivity index (χ4n) is 2.69. The lowest BCUT2D eigenvalue weighted by atomic mass is 10.0. The quantitative estimate of drug-likeness (QED) is 0.858. The van der Waals surface area contributed by atoms with Crippen LogP contribution in [0.4, 0.5) is 0 Å². The summed E-state index contributed by atoms with van der Waals surface area (Å²) in [5.74, 6) is 1.75. The van der Waals surface area contributed by atoms with E-state index in [-0.39, 0.29) is 5.60 Å². The van der Waals surface area contributed by atoms with Gasteiger partial charge in [0.2, 0.25) is 0 Å². The third-order valence-electron chi connectivity index (χ3n) is 3.77. The number of rotatable bonds is 4. The maximum absolute atomic E-state index is 5.86. The lowest BCUT2D eigenvalue weighted by Crippen LogP contribution is -2.26. The summed E-state index contributed by atoms with van der Waals surface area (Å²) in [6.45, 7) is 3.56. The number of hydrogen-bond donors (Lipinski definition) is 0. The number of nitrogens with zero attached hydrogens (tertiary/aromatic N) is 3. The standard InChI is InChI=1S/C15H19N3O2/c1-15(7-4-8-20-15)14-16-11-17-18(14)10-12-5-3-6-13(9-12)19-2/h3,5-6,9,11H,4,7-8,10H2,1-2H3/t15-/m1/s1. The topological polar surface area (TPSA) is 49.2 Å². The van der Waals surface area contributed by atoms with Crippen LogP contribution in [-0.2, 0) is 16.9 Å². The zero-order chi connectivity index (χ0) is 14.0. The molecule has 0 N–H and O–H groups in total. The summed E-state index contributed by atoms with van der Waals surface area (Å²) in [6, 6.07) is 8.00. The van der Waals surface area contributed by atoms with Crippen LogP contribution in [-0.4, -0.2) is 28.5 Å². The molecule has 0 amide bonds. The minimum Gasteiger partial charge on any atom is -0.497 e. The van der Waals surface area contributed by atoms with E-state index < -0.39 is 0 Å². The van der Waals surface area contributed by atoms with Crippen LogP contribution in [0.5, 0.6) is 5.75 Å². The number of ether oxygens (including phenoxy) is 2. The van der Waals surface area contributed by atoms with Crippen LogP contribution >= 0.6 is 0 Å². The van der Waals surface area contributed by atoms with Crippen LogP contribution in [0.25, 0.3) is 0 Å². The average molecular weight is 273 g/mol. The first-order chi connectivity index (χ1) is 9.71. The Hall–Kier alpha value is -1.88. The Morgan fingerprint density at radius 2 is 2.35 bits per heavy atom. The molecule has 3 rings (SSSR count). The highest BCUT2D eigenvalue weighted by molar-refractivity contribution is 5.28. The van der Waals surface area contributed by atoms with Crippen molar-refractivity contribution in [3.63, 3.8) is 0 Å². The molecule has 20 heavy (non-hydrogen) atoms. The van der Waals surface area contributed by atoms with Crippen molar-refractivity contribution < 1.29 is 9.47 Å². The summed E-state index contributed by atoms with van der Waals surface area (Å²) in [5.41, 5.74) is 0.827. The van der Waals surface area contributed by atoms with Crippen LogP contribution in [0.15, 0.2) is 30.6 Å². The Balaban J connectivity index is 1.86. The smallest absolute Gasteiger partial charge is 0.159 e. The van der Waals surface area contributed by atoms with Gasteiger partial charge in [-0.15, -0.1) is 0 Å². The third kappa shape index (κ3) is 2.41. The Kier molecular flexibility index (Phi) is 3.44. The van der Waals surface area contributed by atoms with Gasteiger partial charge in [0.15, 0.2) is 5.82 Å². The molecule has 0 saturated carbocycles. The van der Waals surface area contributed by atoms with Crippen molar-refractivity contribution >= 4 is 0 Å². The molecule has 1 aliphatic heterocycles. The summed E-state index contributed by atoms with van der Waals surface area (Å²) < 4.78 is 13.0. The minimum absolute atomic E-state index is 0.310. The van der Waals surface area contributed by atoms with E-state index in [0.717, 1.165) is 36.6 Å². The van der Waals surface area contributed by atoms with Crippen molar-refractivity contribution in [2.24, 2.45) is 0 Å². The summed E-state index contributed by atoms with van der Waals surface area (Å²) in [6.07, 6.45) is 3.66. The van der Waals surface area contributed by atoms with Gasteiger partial charge < -0.3 is 9.47 Å². The zero-order valence-electron chi connectivity index (χ0n) is 11.9. The normalized spacial score (nSPS) is 22.1. The molecule has 1 saturated heterocycles. The second kappa shape index (κ2) is 5.25. The number of benzene rings is 1. The molecule has 2 heterocycles. The molecule has 0 aliphatic carbocycles. The Morgan fingerprint density at radius 3 is 3.10 bits per heavy atom. The maximum atomic E-state index is 5.86. The lowest BCUT2D eigenvalue weighted by Gasteiger charge is -2.22. The maximum Gasteiger partial charge on any atom is 0.159 e.